The molecule has 1 aliphatic rings. The lowest BCUT2D eigenvalue weighted by Gasteiger charge is -2.18. The van der Waals surface area contributed by atoms with Gasteiger partial charge in [-0.2, -0.15) is 9.61 Å². The number of ether oxygens (including phenoxy) is 1. The van der Waals surface area contributed by atoms with Crippen LogP contribution >= 0.6 is 11.3 Å². The highest BCUT2D eigenvalue weighted by Crippen LogP contribution is 2.34. The number of hydrogen-bond acceptors (Lipinski definition) is 6. The minimum Gasteiger partial charge on any atom is -0.459 e. The van der Waals surface area contributed by atoms with Crippen LogP contribution in [0.25, 0.3) is 4.96 Å². The molecule has 0 bridgehead atoms. The predicted octanol–water partition coefficient (Wildman–Crippen LogP) is 3.68. The average Bonchev–Trinajstić information content (AvgIpc) is 3.06. The summed E-state index contributed by atoms with van der Waals surface area (Å²) in [5, 5.41) is 5.48. The summed E-state index contributed by atoms with van der Waals surface area (Å²) in [6.07, 6.45) is 7.50. The number of carbonyl (C=O) groups excluding carboxylic acids is 1. The zero-order valence-corrected chi connectivity index (χ0v) is 15.7. The summed E-state index contributed by atoms with van der Waals surface area (Å²) in [6.45, 7) is 3.98. The first-order valence-electron chi connectivity index (χ1n) is 9.18. The fourth-order valence-corrected chi connectivity index (χ4v) is 4.44. The third kappa shape index (κ3) is 4.08. The number of nitrogens with zero attached hydrogens (tertiary/aromatic N) is 3. The van der Waals surface area contributed by atoms with Gasteiger partial charge in [0.2, 0.25) is 4.96 Å². The van der Waals surface area contributed by atoms with E-state index < -0.39 is 0 Å². The van der Waals surface area contributed by atoms with Gasteiger partial charge in [0.15, 0.2) is 0 Å². The van der Waals surface area contributed by atoms with E-state index in [9.17, 15) is 9.59 Å². The van der Waals surface area contributed by atoms with E-state index in [2.05, 4.69) is 10.1 Å². The molecule has 2 heterocycles. The molecule has 25 heavy (non-hydrogen) atoms. The van der Waals surface area contributed by atoms with Crippen LogP contribution in [0.1, 0.15) is 75.4 Å². The van der Waals surface area contributed by atoms with Crippen LogP contribution in [-0.4, -0.2) is 20.6 Å². The highest BCUT2D eigenvalue weighted by molar-refractivity contribution is 7.16. The van der Waals surface area contributed by atoms with Crippen molar-refractivity contribution in [2.75, 3.05) is 0 Å². The van der Waals surface area contributed by atoms with E-state index >= 15 is 0 Å². The Morgan fingerprint density at radius 3 is 2.72 bits per heavy atom. The molecule has 0 saturated heterocycles. The Balaban J connectivity index is 1.76. The SMILES string of the molecule is CCC(CC)C(=O)OCc1cc(=O)n2nc(C3CCCCC3)sc2n1. The maximum atomic E-state index is 12.3. The van der Waals surface area contributed by atoms with Crippen molar-refractivity contribution in [3.8, 4) is 0 Å². The molecular weight excluding hydrogens is 338 g/mol. The summed E-state index contributed by atoms with van der Waals surface area (Å²) in [7, 11) is 0. The second-order valence-corrected chi connectivity index (χ2v) is 7.66. The minimum absolute atomic E-state index is 0.0394. The van der Waals surface area contributed by atoms with E-state index in [1.54, 1.807) is 0 Å². The fraction of sp³-hybridized carbons (Fsp3) is 0.667. The number of fused-ring (bicyclic) bond motifs is 1. The van der Waals surface area contributed by atoms with Gasteiger partial charge in [-0.3, -0.25) is 9.59 Å². The summed E-state index contributed by atoms with van der Waals surface area (Å²) in [4.78, 5) is 29.4. The Morgan fingerprint density at radius 1 is 1.32 bits per heavy atom. The first-order valence-corrected chi connectivity index (χ1v) is 10.00. The van der Waals surface area contributed by atoms with E-state index in [1.807, 2.05) is 13.8 Å². The number of esters is 1. The van der Waals surface area contributed by atoms with Crippen molar-refractivity contribution in [2.45, 2.75) is 71.3 Å². The third-order valence-electron chi connectivity index (χ3n) is 4.95. The molecule has 0 aliphatic heterocycles. The van der Waals surface area contributed by atoms with E-state index in [1.165, 1.54) is 41.2 Å². The van der Waals surface area contributed by atoms with Crippen LogP contribution < -0.4 is 5.56 Å². The van der Waals surface area contributed by atoms with Crippen molar-refractivity contribution >= 4 is 22.3 Å². The molecule has 0 radical (unpaired) electrons. The van der Waals surface area contributed by atoms with Gasteiger partial charge < -0.3 is 4.74 Å². The monoisotopic (exact) mass is 363 g/mol. The van der Waals surface area contributed by atoms with Gasteiger partial charge in [0.25, 0.3) is 5.56 Å². The molecular formula is C18H25N3O3S. The first kappa shape index (κ1) is 18.0. The number of rotatable bonds is 6. The Morgan fingerprint density at radius 2 is 2.04 bits per heavy atom. The summed E-state index contributed by atoms with van der Waals surface area (Å²) in [5.74, 6) is 0.126. The van der Waals surface area contributed by atoms with Crippen molar-refractivity contribution in [2.24, 2.45) is 5.92 Å². The molecule has 0 unspecified atom stereocenters. The molecule has 136 valence electrons. The second-order valence-electron chi connectivity index (χ2n) is 6.68. The van der Waals surface area contributed by atoms with E-state index in [0.717, 1.165) is 30.7 Å². The second kappa shape index (κ2) is 8.08. The van der Waals surface area contributed by atoms with Gasteiger partial charge >= 0.3 is 5.97 Å². The van der Waals surface area contributed by atoms with Gasteiger partial charge in [-0.15, -0.1) is 0 Å². The zero-order chi connectivity index (χ0) is 17.8. The average molecular weight is 363 g/mol. The lowest BCUT2D eigenvalue weighted by molar-refractivity contribution is -0.150. The normalized spacial score (nSPS) is 15.8. The first-order chi connectivity index (χ1) is 12.1. The van der Waals surface area contributed by atoms with Crippen LogP contribution in [0.2, 0.25) is 0 Å². The largest absolute Gasteiger partial charge is 0.459 e. The van der Waals surface area contributed by atoms with Crippen molar-refractivity contribution in [3.63, 3.8) is 0 Å². The maximum absolute atomic E-state index is 12.3. The van der Waals surface area contributed by atoms with Gasteiger partial charge in [0.05, 0.1) is 11.6 Å². The molecule has 1 saturated carbocycles. The lowest BCUT2D eigenvalue weighted by atomic mass is 9.90. The van der Waals surface area contributed by atoms with Gasteiger partial charge in [-0.05, 0) is 25.7 Å². The standard InChI is InChI=1S/C18H25N3O3S/c1-3-12(4-2)17(23)24-11-14-10-15(22)21-18(19-14)25-16(20-21)13-8-6-5-7-9-13/h10,12-13H,3-9,11H2,1-2H3. The van der Waals surface area contributed by atoms with Crippen molar-refractivity contribution in [1.29, 1.82) is 0 Å². The van der Waals surface area contributed by atoms with Crippen molar-refractivity contribution in [3.05, 3.63) is 27.1 Å². The van der Waals surface area contributed by atoms with Gasteiger partial charge in [0, 0.05) is 12.0 Å². The molecule has 2 aromatic rings. The van der Waals surface area contributed by atoms with Crippen LogP contribution in [-0.2, 0) is 16.1 Å². The predicted molar refractivity (Wildman–Crippen MR) is 96.8 cm³/mol. The molecule has 1 aliphatic carbocycles. The molecule has 3 rings (SSSR count). The molecule has 0 amide bonds. The molecule has 2 aromatic heterocycles. The Bertz CT molecular complexity index is 788. The molecule has 0 aromatic carbocycles. The van der Waals surface area contributed by atoms with E-state index in [-0.39, 0.29) is 24.1 Å². The van der Waals surface area contributed by atoms with Crippen LogP contribution in [0.5, 0.6) is 0 Å². The topological polar surface area (TPSA) is 73.6 Å². The Kier molecular flexibility index (Phi) is 5.83. The molecule has 1 fully saturated rings. The van der Waals surface area contributed by atoms with Crippen molar-refractivity contribution < 1.29 is 9.53 Å². The quantitative estimate of drug-likeness (QED) is 0.732. The Labute approximate surface area is 151 Å². The minimum atomic E-state index is -0.223. The van der Waals surface area contributed by atoms with Crippen LogP contribution in [0.4, 0.5) is 0 Å². The third-order valence-corrected chi connectivity index (χ3v) is 6.02. The molecule has 7 heteroatoms. The molecule has 0 atom stereocenters. The van der Waals surface area contributed by atoms with Crippen LogP contribution in [0, 0.1) is 5.92 Å². The summed E-state index contributed by atoms with van der Waals surface area (Å²) >= 11 is 1.48. The highest BCUT2D eigenvalue weighted by Gasteiger charge is 2.21. The van der Waals surface area contributed by atoms with Crippen LogP contribution in [0.3, 0.4) is 0 Å². The van der Waals surface area contributed by atoms with Gasteiger partial charge in [0.1, 0.15) is 11.6 Å². The lowest BCUT2D eigenvalue weighted by Crippen LogP contribution is -2.19. The molecule has 0 spiro atoms. The van der Waals surface area contributed by atoms with E-state index in [0.29, 0.717) is 16.6 Å². The summed E-state index contributed by atoms with van der Waals surface area (Å²) < 4.78 is 6.71. The number of carbonyl (C=O) groups is 1. The Hall–Kier alpha value is -1.76. The van der Waals surface area contributed by atoms with E-state index in [4.69, 9.17) is 4.74 Å². The summed E-state index contributed by atoms with van der Waals surface area (Å²) in [6, 6.07) is 1.41. The molecule has 6 nitrogen and oxygen atoms in total. The van der Waals surface area contributed by atoms with Gasteiger partial charge in [-0.1, -0.05) is 44.4 Å². The number of hydrogen-bond donors (Lipinski definition) is 0. The molecule has 0 N–H and O–H groups in total. The fourth-order valence-electron chi connectivity index (χ4n) is 3.34. The number of aromatic nitrogens is 3. The van der Waals surface area contributed by atoms with Gasteiger partial charge in [-0.25, -0.2) is 4.98 Å². The zero-order valence-electron chi connectivity index (χ0n) is 14.9. The maximum Gasteiger partial charge on any atom is 0.309 e. The van der Waals surface area contributed by atoms with Crippen molar-refractivity contribution in [1.82, 2.24) is 14.6 Å². The highest BCUT2D eigenvalue weighted by atomic mass is 32.1. The van der Waals surface area contributed by atoms with Crippen LogP contribution in [0.15, 0.2) is 10.9 Å². The summed E-state index contributed by atoms with van der Waals surface area (Å²) in [5.41, 5.74) is 0.278. The smallest absolute Gasteiger partial charge is 0.309 e.